The summed E-state index contributed by atoms with van der Waals surface area (Å²) in [6.07, 6.45) is 2.01. The number of benzene rings is 2. The highest BCUT2D eigenvalue weighted by Crippen LogP contribution is 2.47. The van der Waals surface area contributed by atoms with Gasteiger partial charge in [-0.15, -0.1) is 0 Å². The van der Waals surface area contributed by atoms with E-state index in [1.54, 1.807) is 28.7 Å². The smallest absolute Gasteiger partial charge is 0.402 e. The Morgan fingerprint density at radius 2 is 1.76 bits per heavy atom. The molecule has 0 bridgehead atoms. The van der Waals surface area contributed by atoms with Gasteiger partial charge < -0.3 is 17.1 Å². The van der Waals surface area contributed by atoms with Crippen molar-refractivity contribution in [3.8, 4) is 11.7 Å². The number of carbonyl (C=O) groups is 1. The van der Waals surface area contributed by atoms with Gasteiger partial charge in [0.2, 0.25) is 0 Å². The lowest BCUT2D eigenvalue weighted by Gasteiger charge is -2.21. The highest BCUT2D eigenvalue weighted by Gasteiger charge is 2.50. The number of aromatic nitrogens is 3. The number of ether oxygens (including phenoxy) is 1. The van der Waals surface area contributed by atoms with Crippen molar-refractivity contribution >= 4 is 54.3 Å². The summed E-state index contributed by atoms with van der Waals surface area (Å²) in [7, 11) is 5.21. The van der Waals surface area contributed by atoms with Crippen LogP contribution in [-0.4, -0.2) is 22.9 Å². The fourth-order valence-corrected chi connectivity index (χ4v) is 8.27. The number of imidazole rings is 1. The Balaban J connectivity index is 0.00000320. The number of aromatic amines is 1. The number of methoxy groups -OCH3 is 1. The Morgan fingerprint density at radius 1 is 1.08 bits per heavy atom. The van der Waals surface area contributed by atoms with Gasteiger partial charge in [0.25, 0.3) is 0 Å². The van der Waals surface area contributed by atoms with E-state index in [1.807, 2.05) is 52.1 Å². The molecule has 0 fully saturated rings. The molecule has 1 aliphatic carbocycles. The number of halogens is 2. The third-order valence-electron chi connectivity index (χ3n) is 7.19. The van der Waals surface area contributed by atoms with Crippen molar-refractivity contribution in [3.63, 3.8) is 0 Å². The van der Waals surface area contributed by atoms with Crippen LogP contribution in [0.2, 0.25) is 0 Å². The van der Waals surface area contributed by atoms with Crippen molar-refractivity contribution in [3.05, 3.63) is 75.5 Å². The SMILES string of the molecule is COc1cc[n+](-c2nc3cc4c(cc3[nH]2)C(C)(C)C(=O)C4(C)C)c(CSSc2ccccc2Br)c1C.[Cl-]. The van der Waals surface area contributed by atoms with E-state index in [4.69, 9.17) is 9.72 Å². The first-order chi connectivity index (χ1) is 17.1. The van der Waals surface area contributed by atoms with E-state index >= 15 is 0 Å². The lowest BCUT2D eigenvalue weighted by Crippen LogP contribution is -3.00. The van der Waals surface area contributed by atoms with Gasteiger partial charge in [0.05, 0.1) is 19.1 Å². The normalized spacial score (nSPS) is 15.5. The molecule has 1 N–H and O–H groups in total. The predicted molar refractivity (Wildman–Crippen MR) is 151 cm³/mol. The van der Waals surface area contributed by atoms with Crippen molar-refractivity contribution in [2.24, 2.45) is 0 Å². The fraction of sp³-hybridized carbons (Fsp3) is 0.321. The molecule has 4 aromatic rings. The maximum Gasteiger partial charge on any atom is 0.402 e. The first kappa shape index (κ1) is 28.0. The number of H-pyrrole nitrogens is 1. The lowest BCUT2D eigenvalue weighted by atomic mass is 9.80. The Labute approximate surface area is 240 Å². The molecule has 0 spiro atoms. The Bertz CT molecular complexity index is 1460. The van der Waals surface area contributed by atoms with E-state index in [0.29, 0.717) is 0 Å². The molecule has 194 valence electrons. The van der Waals surface area contributed by atoms with Gasteiger partial charge in [-0.05, 0) is 85.9 Å². The number of nitrogens with one attached hydrogen (secondary N) is 1. The maximum atomic E-state index is 13.1. The van der Waals surface area contributed by atoms with Crippen LogP contribution in [-0.2, 0) is 21.4 Å². The Kier molecular flexibility index (Phi) is 7.79. The van der Waals surface area contributed by atoms with Gasteiger partial charge in [0.15, 0.2) is 11.3 Å². The molecular weight excluding hydrogens is 590 g/mol. The van der Waals surface area contributed by atoms with E-state index in [2.05, 4.69) is 56.7 Å². The number of rotatable bonds is 6. The van der Waals surface area contributed by atoms with Crippen LogP contribution in [0.25, 0.3) is 17.0 Å². The van der Waals surface area contributed by atoms with Crippen LogP contribution < -0.4 is 21.7 Å². The highest BCUT2D eigenvalue weighted by molar-refractivity contribution is 9.10. The van der Waals surface area contributed by atoms with Crippen LogP contribution in [0.1, 0.15) is 50.1 Å². The molecule has 2 aromatic carbocycles. The summed E-state index contributed by atoms with van der Waals surface area (Å²) >= 11 is 3.64. The zero-order valence-electron chi connectivity index (χ0n) is 21.6. The second-order valence-electron chi connectivity index (χ2n) is 10.2. The van der Waals surface area contributed by atoms with Crippen molar-refractivity contribution in [1.82, 2.24) is 9.97 Å². The van der Waals surface area contributed by atoms with Gasteiger partial charge in [-0.3, -0.25) is 4.79 Å². The van der Waals surface area contributed by atoms with Crippen molar-refractivity contribution < 1.29 is 26.5 Å². The van der Waals surface area contributed by atoms with Crippen molar-refractivity contribution in [2.45, 2.75) is 56.1 Å². The van der Waals surface area contributed by atoms with Gasteiger partial charge in [-0.25, -0.2) is 9.55 Å². The molecule has 0 saturated carbocycles. The molecule has 1 aliphatic rings. The number of fused-ring (bicyclic) bond motifs is 2. The molecule has 0 aliphatic heterocycles. The molecule has 2 aromatic heterocycles. The Hall–Kier alpha value is -2.00. The zero-order chi connectivity index (χ0) is 25.8. The number of hydrogen-bond donors (Lipinski definition) is 1. The van der Waals surface area contributed by atoms with Crippen LogP contribution in [0.4, 0.5) is 0 Å². The van der Waals surface area contributed by atoms with Crippen LogP contribution >= 0.6 is 37.5 Å². The molecule has 2 heterocycles. The van der Waals surface area contributed by atoms with Gasteiger partial charge in [-0.2, -0.15) is 0 Å². The van der Waals surface area contributed by atoms with Crippen LogP contribution in [0.15, 0.2) is 58.0 Å². The van der Waals surface area contributed by atoms with Crippen molar-refractivity contribution in [1.29, 1.82) is 0 Å². The molecule has 0 amide bonds. The zero-order valence-corrected chi connectivity index (χ0v) is 25.6. The van der Waals surface area contributed by atoms with Crippen LogP contribution in [0, 0.1) is 6.92 Å². The van der Waals surface area contributed by atoms with Crippen LogP contribution in [0.5, 0.6) is 5.75 Å². The molecule has 0 saturated heterocycles. The van der Waals surface area contributed by atoms with E-state index in [1.165, 1.54) is 4.90 Å². The van der Waals surface area contributed by atoms with Gasteiger partial charge in [0, 0.05) is 31.8 Å². The minimum absolute atomic E-state index is 0. The molecular formula is C28H29BrClN3O2S2. The summed E-state index contributed by atoms with van der Waals surface area (Å²) in [6, 6.07) is 14.4. The summed E-state index contributed by atoms with van der Waals surface area (Å²) < 4.78 is 8.83. The average Bonchev–Trinajstić information content (AvgIpc) is 3.32. The molecule has 0 radical (unpaired) electrons. The third-order valence-corrected chi connectivity index (χ3v) is 10.4. The third kappa shape index (κ3) is 4.71. The molecule has 5 rings (SSSR count). The number of pyridine rings is 1. The van der Waals surface area contributed by atoms with E-state index in [-0.39, 0.29) is 18.2 Å². The number of carbonyl (C=O) groups excluding carboxylic acids is 1. The lowest BCUT2D eigenvalue weighted by molar-refractivity contribution is -0.610. The van der Waals surface area contributed by atoms with Crippen LogP contribution in [0.3, 0.4) is 0 Å². The number of Topliss-reactive ketones (excluding diaryl/α,β-unsaturated/α-hetero) is 1. The fourth-order valence-electron chi connectivity index (χ4n) is 5.16. The summed E-state index contributed by atoms with van der Waals surface area (Å²) in [6.45, 7) is 10.2. The first-order valence-corrected chi connectivity index (χ1v) is 14.9. The highest BCUT2D eigenvalue weighted by atomic mass is 79.9. The van der Waals surface area contributed by atoms with E-state index in [0.717, 1.165) is 55.3 Å². The Morgan fingerprint density at radius 3 is 2.43 bits per heavy atom. The van der Waals surface area contributed by atoms with Gasteiger partial charge in [-0.1, -0.05) is 38.7 Å². The quantitative estimate of drug-likeness (QED) is 0.262. The minimum Gasteiger partial charge on any atom is -1.00 e. The average molecular weight is 619 g/mol. The minimum atomic E-state index is -0.527. The van der Waals surface area contributed by atoms with Crippen molar-refractivity contribution in [2.75, 3.05) is 7.11 Å². The van der Waals surface area contributed by atoms with E-state index < -0.39 is 10.8 Å². The van der Waals surface area contributed by atoms with E-state index in [9.17, 15) is 4.79 Å². The monoisotopic (exact) mass is 617 g/mol. The molecule has 0 unspecified atom stereocenters. The standard InChI is InChI=1S/C28H29BrN3O2S2.ClH/c1-16-22(15-35-36-24-10-8-7-9-19(24)29)32(12-11-23(16)34-6)26-30-20-13-17-18(14-21(20)31-26)28(4,5)25(33)27(17,2)3;/h7-14H,15H2,1-6H3,(H,30,31);1H/q+1;/p-1. The number of hydrogen-bond acceptors (Lipinski definition) is 5. The number of nitrogens with zero attached hydrogens (tertiary/aromatic N) is 2. The molecule has 9 heteroatoms. The summed E-state index contributed by atoms with van der Waals surface area (Å²) in [5.74, 6) is 2.62. The summed E-state index contributed by atoms with van der Waals surface area (Å²) in [4.78, 5) is 22.8. The summed E-state index contributed by atoms with van der Waals surface area (Å²) in [5, 5.41) is 0. The topological polar surface area (TPSA) is 58.9 Å². The molecule has 5 nitrogen and oxygen atoms in total. The second kappa shape index (κ2) is 10.3. The second-order valence-corrected chi connectivity index (χ2v) is 13.3. The molecule has 0 atom stereocenters. The largest absolute Gasteiger partial charge is 1.00 e. The first-order valence-electron chi connectivity index (χ1n) is 11.8. The molecule has 37 heavy (non-hydrogen) atoms. The van der Waals surface area contributed by atoms with Gasteiger partial charge in [0.1, 0.15) is 17.0 Å². The number of ketones is 1. The maximum absolute atomic E-state index is 13.1. The predicted octanol–water partition coefficient (Wildman–Crippen LogP) is 4.00. The van der Waals surface area contributed by atoms with Gasteiger partial charge >= 0.3 is 5.95 Å². The summed E-state index contributed by atoms with van der Waals surface area (Å²) in [5.41, 5.74) is 5.09.